The molecule has 2 nitrogen and oxygen atoms in total. The molecule has 2 aromatic rings. The Labute approximate surface area is 146 Å². The van der Waals surface area contributed by atoms with Crippen molar-refractivity contribution in [3.05, 3.63) is 68.7 Å². The zero-order valence-corrected chi connectivity index (χ0v) is 13.7. The highest BCUT2D eigenvalue weighted by molar-refractivity contribution is 6.39. The van der Waals surface area contributed by atoms with Crippen molar-refractivity contribution in [1.82, 2.24) is 5.43 Å². The van der Waals surface area contributed by atoms with Crippen LogP contribution in [0.15, 0.2) is 42.0 Å². The van der Waals surface area contributed by atoms with Gasteiger partial charge in [0.1, 0.15) is 0 Å². The molecular formula is C17H11Cl2F3N2. The molecule has 0 spiro atoms. The van der Waals surface area contributed by atoms with Gasteiger partial charge in [-0.25, -0.2) is 5.43 Å². The summed E-state index contributed by atoms with van der Waals surface area (Å²) < 4.78 is 38.6. The van der Waals surface area contributed by atoms with Crippen LogP contribution in [0.4, 0.5) is 18.9 Å². The predicted octanol–water partition coefficient (Wildman–Crippen LogP) is 5.48. The summed E-state index contributed by atoms with van der Waals surface area (Å²) in [5.41, 5.74) is 6.19. The van der Waals surface area contributed by atoms with E-state index in [-0.39, 0.29) is 16.1 Å². The second-order valence-electron chi connectivity index (χ2n) is 5.78. The monoisotopic (exact) mass is 370 g/mol. The van der Waals surface area contributed by atoms with Crippen LogP contribution in [0.5, 0.6) is 0 Å². The fraction of sp³-hybridized carbons (Fsp3) is 0.176. The molecule has 1 heterocycles. The van der Waals surface area contributed by atoms with Crippen LogP contribution in [-0.4, -0.2) is 6.54 Å². The van der Waals surface area contributed by atoms with E-state index in [2.05, 4.69) is 11.5 Å². The Morgan fingerprint density at radius 3 is 2.42 bits per heavy atom. The second-order valence-corrected chi connectivity index (χ2v) is 6.60. The quantitative estimate of drug-likeness (QED) is 0.715. The van der Waals surface area contributed by atoms with Crippen molar-refractivity contribution < 1.29 is 13.2 Å². The van der Waals surface area contributed by atoms with Gasteiger partial charge in [0.25, 0.3) is 0 Å². The first kappa shape index (κ1) is 15.8. The molecule has 1 aliphatic carbocycles. The smallest absolute Gasteiger partial charge is 0.300 e. The number of fused-ring (bicyclic) bond motifs is 3. The molecule has 124 valence electrons. The minimum absolute atomic E-state index is 0.00405. The highest BCUT2D eigenvalue weighted by Crippen LogP contribution is 2.44. The first-order chi connectivity index (χ1) is 11.3. The van der Waals surface area contributed by atoms with E-state index >= 15 is 0 Å². The minimum Gasteiger partial charge on any atom is -0.300 e. The molecule has 2 aromatic carbocycles. The van der Waals surface area contributed by atoms with Gasteiger partial charge in [-0.15, -0.1) is 0 Å². The Morgan fingerprint density at radius 1 is 1.08 bits per heavy atom. The topological polar surface area (TPSA) is 15.3 Å². The van der Waals surface area contributed by atoms with Crippen molar-refractivity contribution in [3.63, 3.8) is 0 Å². The molecule has 0 bridgehead atoms. The van der Waals surface area contributed by atoms with Crippen molar-refractivity contribution in [2.24, 2.45) is 0 Å². The first-order valence-corrected chi connectivity index (χ1v) is 7.99. The summed E-state index contributed by atoms with van der Waals surface area (Å²) in [5.74, 6) is 0. The van der Waals surface area contributed by atoms with Gasteiger partial charge in [-0.1, -0.05) is 53.5 Å². The molecule has 1 unspecified atom stereocenters. The lowest BCUT2D eigenvalue weighted by molar-refractivity contribution is -0.137. The third-order valence-electron chi connectivity index (χ3n) is 4.26. The Balaban J connectivity index is 1.68. The van der Waals surface area contributed by atoms with E-state index < -0.39 is 11.7 Å². The summed E-state index contributed by atoms with van der Waals surface area (Å²) in [6.07, 6.45) is -2.40. The van der Waals surface area contributed by atoms with Crippen LogP contribution in [0.25, 0.3) is 6.08 Å². The second kappa shape index (κ2) is 5.41. The van der Waals surface area contributed by atoms with E-state index in [1.165, 1.54) is 0 Å². The summed E-state index contributed by atoms with van der Waals surface area (Å²) in [6, 6.07) is 9.79. The highest BCUT2D eigenvalue weighted by Gasteiger charge is 2.37. The van der Waals surface area contributed by atoms with Gasteiger partial charge < -0.3 is 5.01 Å². The van der Waals surface area contributed by atoms with E-state index in [4.69, 9.17) is 23.2 Å². The minimum atomic E-state index is -4.48. The number of alkyl halides is 3. The lowest BCUT2D eigenvalue weighted by atomic mass is 10.1. The maximum atomic E-state index is 12.9. The lowest BCUT2D eigenvalue weighted by Crippen LogP contribution is -2.32. The Kier molecular flexibility index (Phi) is 3.56. The van der Waals surface area contributed by atoms with Crippen LogP contribution >= 0.6 is 23.2 Å². The van der Waals surface area contributed by atoms with Gasteiger partial charge in [0.05, 0.1) is 33.9 Å². The highest BCUT2D eigenvalue weighted by atomic mass is 35.5. The van der Waals surface area contributed by atoms with Gasteiger partial charge >= 0.3 is 6.18 Å². The molecule has 24 heavy (non-hydrogen) atoms. The van der Waals surface area contributed by atoms with Crippen LogP contribution in [0.1, 0.15) is 22.7 Å². The number of nitrogens with one attached hydrogen (secondary N) is 1. The van der Waals surface area contributed by atoms with Crippen molar-refractivity contribution in [2.75, 3.05) is 11.6 Å². The summed E-state index contributed by atoms with van der Waals surface area (Å²) in [6.45, 7) is 0.504. The lowest BCUT2D eigenvalue weighted by Gasteiger charge is -2.23. The molecule has 7 heteroatoms. The third kappa shape index (κ3) is 2.48. The molecule has 1 aliphatic heterocycles. The maximum Gasteiger partial charge on any atom is 0.416 e. The number of hydrogen-bond acceptors (Lipinski definition) is 2. The molecule has 2 aliphatic rings. The number of hydrazine groups is 1. The van der Waals surface area contributed by atoms with Gasteiger partial charge in [0.15, 0.2) is 0 Å². The largest absolute Gasteiger partial charge is 0.416 e. The zero-order chi connectivity index (χ0) is 17.1. The number of halogens is 5. The molecule has 1 atom stereocenters. The molecule has 4 rings (SSSR count). The Morgan fingerprint density at radius 2 is 1.75 bits per heavy atom. The van der Waals surface area contributed by atoms with Crippen LogP contribution < -0.4 is 10.4 Å². The molecule has 1 saturated heterocycles. The first-order valence-electron chi connectivity index (χ1n) is 7.24. The zero-order valence-electron chi connectivity index (χ0n) is 12.2. The summed E-state index contributed by atoms with van der Waals surface area (Å²) >= 11 is 12.2. The molecule has 0 amide bonds. The Bertz CT molecular complexity index is 838. The molecule has 0 saturated carbocycles. The van der Waals surface area contributed by atoms with Crippen LogP contribution in [0.3, 0.4) is 0 Å². The molecule has 0 aromatic heterocycles. The fourth-order valence-corrected chi connectivity index (χ4v) is 3.88. The van der Waals surface area contributed by atoms with Crippen LogP contribution in [0.2, 0.25) is 10.0 Å². The average Bonchev–Trinajstić information content (AvgIpc) is 3.03. The summed E-state index contributed by atoms with van der Waals surface area (Å²) in [7, 11) is 0. The van der Waals surface area contributed by atoms with E-state index in [0.29, 0.717) is 12.2 Å². The van der Waals surface area contributed by atoms with Gasteiger partial charge in [-0.05, 0) is 28.8 Å². The third-order valence-corrected chi connectivity index (χ3v) is 4.83. The van der Waals surface area contributed by atoms with E-state index in [9.17, 15) is 13.2 Å². The van der Waals surface area contributed by atoms with Gasteiger partial charge in [0.2, 0.25) is 0 Å². The van der Waals surface area contributed by atoms with Gasteiger partial charge in [-0.3, -0.25) is 0 Å². The van der Waals surface area contributed by atoms with E-state index in [0.717, 1.165) is 28.8 Å². The van der Waals surface area contributed by atoms with E-state index in [1.54, 1.807) is 5.01 Å². The summed E-state index contributed by atoms with van der Waals surface area (Å²) in [5, 5.41) is 1.64. The predicted molar refractivity (Wildman–Crippen MR) is 89.1 cm³/mol. The number of rotatable bonds is 1. The number of hydrogen-bond donors (Lipinski definition) is 1. The van der Waals surface area contributed by atoms with Crippen molar-refractivity contribution in [1.29, 1.82) is 0 Å². The van der Waals surface area contributed by atoms with E-state index in [1.807, 2.05) is 24.3 Å². The molecule has 1 fully saturated rings. The normalized spacial score (nSPS) is 19.3. The number of benzene rings is 2. The average molecular weight is 371 g/mol. The van der Waals surface area contributed by atoms with Crippen LogP contribution in [-0.2, 0) is 6.18 Å². The standard InChI is InChI=1S/C17H11Cl2F3N2/c18-13-6-11(17(20,21)22)7-14(19)16(13)24-8-10-5-9-3-1-2-4-12(9)15(10)23-24/h1-7,15,23H,8H2. The molecular weight excluding hydrogens is 360 g/mol. The van der Waals surface area contributed by atoms with Crippen molar-refractivity contribution in [2.45, 2.75) is 12.2 Å². The number of anilines is 1. The molecule has 0 radical (unpaired) electrons. The van der Waals surface area contributed by atoms with Crippen LogP contribution in [0, 0.1) is 0 Å². The number of nitrogens with zero attached hydrogens (tertiary/aromatic N) is 1. The fourth-order valence-electron chi connectivity index (χ4n) is 3.19. The van der Waals surface area contributed by atoms with Crippen molar-refractivity contribution >= 4 is 35.0 Å². The molecule has 1 N–H and O–H groups in total. The SMILES string of the molecule is FC(F)(F)c1cc(Cl)c(N2CC3=Cc4ccccc4C3N2)c(Cl)c1. The Hall–Kier alpha value is -1.69. The van der Waals surface area contributed by atoms with Gasteiger partial charge in [-0.2, -0.15) is 13.2 Å². The van der Waals surface area contributed by atoms with Crippen molar-refractivity contribution in [3.8, 4) is 0 Å². The van der Waals surface area contributed by atoms with Gasteiger partial charge in [0, 0.05) is 0 Å². The summed E-state index contributed by atoms with van der Waals surface area (Å²) in [4.78, 5) is 0. The maximum absolute atomic E-state index is 12.9.